The second kappa shape index (κ2) is 9.23. The molecule has 0 radical (unpaired) electrons. The Balaban J connectivity index is 1.48. The summed E-state index contributed by atoms with van der Waals surface area (Å²) >= 11 is 3.38. The standard InChI is InChI=1S/C21H18N2OS2/c1-16-23-19(14-25-16)15-26-20-11-9-18(10-12-20)21(24)22-13-5-8-17-6-3-2-4-7-17/h2-4,6-7,9-12,14H,13,15H2,1H3,(H,22,24). The molecular formula is C21H18N2OS2. The molecule has 26 heavy (non-hydrogen) atoms. The Morgan fingerprint density at radius 3 is 2.62 bits per heavy atom. The monoisotopic (exact) mass is 378 g/mol. The predicted octanol–water partition coefficient (Wildman–Crippen LogP) is 4.53. The second-order valence-corrected chi connectivity index (χ2v) is 7.63. The first-order chi connectivity index (χ1) is 12.7. The van der Waals surface area contributed by atoms with Gasteiger partial charge in [0.2, 0.25) is 0 Å². The van der Waals surface area contributed by atoms with Gasteiger partial charge in [0.25, 0.3) is 5.91 Å². The molecule has 0 aliphatic heterocycles. The van der Waals surface area contributed by atoms with Gasteiger partial charge in [-0.05, 0) is 43.3 Å². The maximum Gasteiger partial charge on any atom is 0.252 e. The number of nitrogens with one attached hydrogen (secondary N) is 1. The molecule has 1 heterocycles. The number of nitrogens with zero attached hydrogens (tertiary/aromatic N) is 1. The van der Waals surface area contributed by atoms with E-state index < -0.39 is 0 Å². The minimum Gasteiger partial charge on any atom is -0.341 e. The normalized spacial score (nSPS) is 10.0. The van der Waals surface area contributed by atoms with Gasteiger partial charge in [-0.2, -0.15) is 0 Å². The van der Waals surface area contributed by atoms with E-state index >= 15 is 0 Å². The molecule has 0 aliphatic carbocycles. The van der Waals surface area contributed by atoms with E-state index in [0.717, 1.165) is 26.9 Å². The fraction of sp³-hybridized carbons (Fsp3) is 0.143. The van der Waals surface area contributed by atoms with Crippen molar-refractivity contribution in [2.45, 2.75) is 17.6 Å². The van der Waals surface area contributed by atoms with Crippen molar-refractivity contribution < 1.29 is 4.79 Å². The van der Waals surface area contributed by atoms with Crippen LogP contribution in [-0.4, -0.2) is 17.4 Å². The second-order valence-electron chi connectivity index (χ2n) is 5.52. The minimum atomic E-state index is -0.112. The fourth-order valence-corrected chi connectivity index (χ4v) is 3.74. The van der Waals surface area contributed by atoms with Crippen LogP contribution in [0.5, 0.6) is 0 Å². The van der Waals surface area contributed by atoms with Gasteiger partial charge in [0.15, 0.2) is 0 Å². The van der Waals surface area contributed by atoms with Gasteiger partial charge >= 0.3 is 0 Å². The lowest BCUT2D eigenvalue weighted by Crippen LogP contribution is -2.23. The van der Waals surface area contributed by atoms with E-state index in [1.165, 1.54) is 0 Å². The van der Waals surface area contributed by atoms with Crippen LogP contribution < -0.4 is 5.32 Å². The number of aromatic nitrogens is 1. The Labute approximate surface area is 161 Å². The third-order valence-corrected chi connectivity index (χ3v) is 5.38. The van der Waals surface area contributed by atoms with Gasteiger partial charge < -0.3 is 5.32 Å². The molecule has 1 N–H and O–H groups in total. The lowest BCUT2D eigenvalue weighted by Gasteiger charge is -2.03. The third kappa shape index (κ3) is 5.48. The van der Waals surface area contributed by atoms with E-state index in [1.807, 2.05) is 61.5 Å². The van der Waals surface area contributed by atoms with Gasteiger partial charge in [-0.3, -0.25) is 4.79 Å². The Kier molecular flexibility index (Phi) is 6.48. The zero-order valence-corrected chi connectivity index (χ0v) is 16.0. The largest absolute Gasteiger partial charge is 0.341 e. The van der Waals surface area contributed by atoms with E-state index in [1.54, 1.807) is 23.1 Å². The highest BCUT2D eigenvalue weighted by atomic mass is 32.2. The highest BCUT2D eigenvalue weighted by Crippen LogP contribution is 2.23. The summed E-state index contributed by atoms with van der Waals surface area (Å²) in [6.07, 6.45) is 0. The van der Waals surface area contributed by atoms with Gasteiger partial charge in [-0.1, -0.05) is 30.0 Å². The Morgan fingerprint density at radius 1 is 1.15 bits per heavy atom. The maximum absolute atomic E-state index is 12.2. The number of amides is 1. The summed E-state index contributed by atoms with van der Waals surface area (Å²) in [4.78, 5) is 17.7. The van der Waals surface area contributed by atoms with Crippen molar-refractivity contribution in [2.24, 2.45) is 0 Å². The van der Waals surface area contributed by atoms with Crippen LogP contribution in [0.3, 0.4) is 0 Å². The first-order valence-electron chi connectivity index (χ1n) is 8.17. The number of hydrogen-bond donors (Lipinski definition) is 1. The van der Waals surface area contributed by atoms with Crippen LogP contribution >= 0.6 is 23.1 Å². The summed E-state index contributed by atoms with van der Waals surface area (Å²) < 4.78 is 0. The van der Waals surface area contributed by atoms with Crippen LogP contribution in [0.25, 0.3) is 0 Å². The predicted molar refractivity (Wildman–Crippen MR) is 109 cm³/mol. The van der Waals surface area contributed by atoms with Crippen LogP contribution in [0.1, 0.15) is 26.6 Å². The Hall–Kier alpha value is -2.55. The van der Waals surface area contributed by atoms with Gasteiger partial charge in [-0.15, -0.1) is 23.1 Å². The zero-order chi connectivity index (χ0) is 18.2. The van der Waals surface area contributed by atoms with Crippen LogP contribution in [0, 0.1) is 18.8 Å². The minimum absolute atomic E-state index is 0.112. The van der Waals surface area contributed by atoms with Crippen LogP contribution in [0.2, 0.25) is 0 Å². The van der Waals surface area contributed by atoms with E-state index in [2.05, 4.69) is 27.5 Å². The molecule has 3 rings (SSSR count). The number of hydrogen-bond acceptors (Lipinski definition) is 4. The molecule has 0 spiro atoms. The van der Waals surface area contributed by atoms with Gasteiger partial charge in [0.1, 0.15) is 0 Å². The SMILES string of the molecule is Cc1nc(CSc2ccc(C(=O)NCC#Cc3ccccc3)cc2)cs1. The average Bonchev–Trinajstić information content (AvgIpc) is 3.10. The fourth-order valence-electron chi connectivity index (χ4n) is 2.23. The first-order valence-corrected chi connectivity index (χ1v) is 10.0. The third-order valence-electron chi connectivity index (χ3n) is 3.51. The molecule has 0 fully saturated rings. The van der Waals surface area contributed by atoms with Crippen LogP contribution in [-0.2, 0) is 5.75 Å². The molecule has 0 atom stereocenters. The summed E-state index contributed by atoms with van der Waals surface area (Å²) in [5.41, 5.74) is 2.68. The number of benzene rings is 2. The molecular weight excluding hydrogens is 360 g/mol. The highest BCUT2D eigenvalue weighted by molar-refractivity contribution is 7.98. The number of thioether (sulfide) groups is 1. The van der Waals surface area contributed by atoms with Gasteiger partial charge in [-0.25, -0.2) is 4.98 Å². The molecule has 130 valence electrons. The van der Waals surface area contributed by atoms with E-state index in [9.17, 15) is 4.79 Å². The molecule has 5 heteroatoms. The zero-order valence-electron chi connectivity index (χ0n) is 14.4. The molecule has 0 bridgehead atoms. The average molecular weight is 379 g/mol. The number of carbonyl (C=O) groups excluding carboxylic acids is 1. The summed E-state index contributed by atoms with van der Waals surface area (Å²) in [6.45, 7) is 2.34. The molecule has 3 aromatic rings. The summed E-state index contributed by atoms with van der Waals surface area (Å²) in [6, 6.07) is 17.3. The van der Waals surface area contributed by atoms with Gasteiger partial charge in [0, 0.05) is 27.2 Å². The van der Waals surface area contributed by atoms with E-state index in [0.29, 0.717) is 12.1 Å². The van der Waals surface area contributed by atoms with Gasteiger partial charge in [0.05, 0.1) is 17.2 Å². The summed E-state index contributed by atoms with van der Waals surface area (Å²) in [5.74, 6) is 6.71. The first kappa shape index (κ1) is 18.2. The smallest absolute Gasteiger partial charge is 0.252 e. The molecule has 3 nitrogen and oxygen atoms in total. The molecule has 1 aromatic heterocycles. The van der Waals surface area contributed by atoms with Crippen molar-refractivity contribution in [1.82, 2.24) is 10.3 Å². The topological polar surface area (TPSA) is 42.0 Å². The molecule has 1 amide bonds. The lowest BCUT2D eigenvalue weighted by molar-refractivity contribution is 0.0958. The van der Waals surface area contributed by atoms with Crippen LogP contribution in [0.15, 0.2) is 64.9 Å². The Morgan fingerprint density at radius 2 is 1.92 bits per heavy atom. The summed E-state index contributed by atoms with van der Waals surface area (Å²) in [5, 5.41) is 5.99. The van der Waals surface area contributed by atoms with Crippen molar-refractivity contribution in [3.63, 3.8) is 0 Å². The van der Waals surface area contributed by atoms with Crippen LogP contribution in [0.4, 0.5) is 0 Å². The molecule has 0 saturated heterocycles. The van der Waals surface area contributed by atoms with Crippen molar-refractivity contribution >= 4 is 29.0 Å². The quantitative estimate of drug-likeness (QED) is 0.524. The van der Waals surface area contributed by atoms with Crippen molar-refractivity contribution in [1.29, 1.82) is 0 Å². The van der Waals surface area contributed by atoms with Crippen molar-refractivity contribution in [2.75, 3.05) is 6.54 Å². The number of aryl methyl sites for hydroxylation is 1. The number of thiazole rings is 1. The molecule has 0 aliphatic rings. The van der Waals surface area contributed by atoms with Crippen molar-refractivity contribution in [3.8, 4) is 11.8 Å². The van der Waals surface area contributed by atoms with E-state index in [4.69, 9.17) is 0 Å². The number of carbonyl (C=O) groups is 1. The van der Waals surface area contributed by atoms with Crippen molar-refractivity contribution in [3.05, 3.63) is 81.8 Å². The Bertz CT molecular complexity index is 922. The van der Waals surface area contributed by atoms with E-state index in [-0.39, 0.29) is 5.91 Å². The maximum atomic E-state index is 12.2. The molecule has 2 aromatic carbocycles. The molecule has 0 saturated carbocycles. The molecule has 0 unspecified atom stereocenters. The highest BCUT2D eigenvalue weighted by Gasteiger charge is 2.05. The summed E-state index contributed by atoms with van der Waals surface area (Å²) in [7, 11) is 0. The lowest BCUT2D eigenvalue weighted by atomic mass is 10.2. The number of rotatable bonds is 5.